The third kappa shape index (κ3) is 5.46. The van der Waals surface area contributed by atoms with Crippen LogP contribution in [0.3, 0.4) is 0 Å². The zero-order valence-corrected chi connectivity index (χ0v) is 23.1. The molecule has 1 aromatic heterocycles. The highest BCUT2D eigenvalue weighted by molar-refractivity contribution is 5.84. The molecule has 216 valence electrons. The Morgan fingerprint density at radius 2 is 1.98 bits per heavy atom. The number of alkyl halides is 1. The molecule has 0 bridgehead atoms. The van der Waals surface area contributed by atoms with E-state index in [-0.39, 0.29) is 31.5 Å². The number of halogens is 2. The number of para-hydroxylation sites is 1. The number of piperidine rings is 1. The lowest BCUT2D eigenvalue weighted by Gasteiger charge is -2.35. The van der Waals surface area contributed by atoms with Gasteiger partial charge in [-0.25, -0.2) is 18.6 Å². The van der Waals surface area contributed by atoms with Gasteiger partial charge in [0.2, 0.25) is 0 Å². The fraction of sp³-hybridized carbons (Fsp3) is 0.419. The van der Waals surface area contributed by atoms with Crippen LogP contribution in [0.4, 0.5) is 8.78 Å². The lowest BCUT2D eigenvalue weighted by atomic mass is 9.88. The molecule has 41 heavy (non-hydrogen) atoms. The van der Waals surface area contributed by atoms with Crippen molar-refractivity contribution in [3.63, 3.8) is 0 Å². The van der Waals surface area contributed by atoms with Gasteiger partial charge in [-0.1, -0.05) is 18.2 Å². The molecule has 0 spiro atoms. The molecule has 6 rings (SSSR count). The maximum atomic E-state index is 15.0. The van der Waals surface area contributed by atoms with E-state index < -0.39 is 17.4 Å². The molecule has 0 radical (unpaired) electrons. The Labute approximate surface area is 237 Å². The number of carboxylic acid groups (broad SMARTS) is 1. The number of hydrogen-bond acceptors (Lipinski definition) is 6. The second-order valence-electron chi connectivity index (χ2n) is 11.4. The molecule has 2 fully saturated rings. The standard InChI is InChI=1S/C31H33F2N3O5/c1-20-6-8-24(25(32)14-20)30(2)40-26-5-3-4-23(29(26)41-30)21-10-12-35(13-11-21)16-27-34-15-22(7-9-28(37)38)36(27)17-31(33)18-39-19-31/h3-9,14-15,21H,10-13,16-19H2,1-2H3,(H,37,38)/b9-7+. The molecule has 0 saturated carbocycles. The van der Waals surface area contributed by atoms with E-state index in [1.807, 2.05) is 25.1 Å². The van der Waals surface area contributed by atoms with E-state index in [0.29, 0.717) is 35.1 Å². The summed E-state index contributed by atoms with van der Waals surface area (Å²) in [4.78, 5) is 17.8. The van der Waals surface area contributed by atoms with Crippen molar-refractivity contribution in [2.24, 2.45) is 0 Å². The van der Waals surface area contributed by atoms with Crippen molar-refractivity contribution in [1.82, 2.24) is 14.5 Å². The monoisotopic (exact) mass is 565 g/mol. The quantitative estimate of drug-likeness (QED) is 0.376. The number of carbonyl (C=O) groups is 1. The molecule has 2 aromatic carbocycles. The van der Waals surface area contributed by atoms with Gasteiger partial charge in [-0.05, 0) is 68.6 Å². The van der Waals surface area contributed by atoms with Crippen LogP contribution in [-0.2, 0) is 28.4 Å². The van der Waals surface area contributed by atoms with Gasteiger partial charge in [-0.3, -0.25) is 4.90 Å². The number of aryl methyl sites for hydroxylation is 1. The summed E-state index contributed by atoms with van der Waals surface area (Å²) in [6.07, 6.45) is 5.80. The van der Waals surface area contributed by atoms with E-state index >= 15 is 0 Å². The van der Waals surface area contributed by atoms with Crippen LogP contribution in [0.2, 0.25) is 0 Å². The first kappa shape index (κ1) is 27.4. The number of aliphatic carboxylic acids is 1. The summed E-state index contributed by atoms with van der Waals surface area (Å²) in [6, 6.07) is 10.9. The van der Waals surface area contributed by atoms with Crippen LogP contribution >= 0.6 is 0 Å². The summed E-state index contributed by atoms with van der Waals surface area (Å²) in [6.45, 7) is 5.77. The number of rotatable bonds is 8. The van der Waals surface area contributed by atoms with Crippen LogP contribution < -0.4 is 9.47 Å². The minimum atomic E-state index is -1.49. The number of likely N-dealkylation sites (tertiary alicyclic amines) is 1. The minimum Gasteiger partial charge on any atom is -0.478 e. The second-order valence-corrected chi connectivity index (χ2v) is 11.4. The second kappa shape index (κ2) is 10.6. The van der Waals surface area contributed by atoms with Crippen LogP contribution in [0.1, 0.15) is 53.9 Å². The lowest BCUT2D eigenvalue weighted by Crippen LogP contribution is -2.49. The molecule has 3 aliphatic heterocycles. The summed E-state index contributed by atoms with van der Waals surface area (Å²) in [5.41, 5.74) is 1.29. The maximum absolute atomic E-state index is 15.0. The Balaban J connectivity index is 1.15. The number of fused-ring (bicyclic) bond motifs is 1. The first-order valence-electron chi connectivity index (χ1n) is 13.8. The normalized spacial score (nSPS) is 22.2. The molecule has 4 heterocycles. The van der Waals surface area contributed by atoms with Crippen LogP contribution in [0.5, 0.6) is 11.5 Å². The number of imidazole rings is 1. The van der Waals surface area contributed by atoms with Crippen molar-refractivity contribution in [2.45, 2.75) is 57.2 Å². The van der Waals surface area contributed by atoms with Crippen LogP contribution in [0.25, 0.3) is 6.08 Å². The third-order valence-corrected chi connectivity index (χ3v) is 8.15. The SMILES string of the molecule is Cc1ccc(C2(C)Oc3cccc(C4CCN(Cc5ncc(/C=C/C(=O)O)n5CC5(F)COC5)CC4)c3O2)c(F)c1. The third-order valence-electron chi connectivity index (χ3n) is 8.15. The van der Waals surface area contributed by atoms with Gasteiger partial charge in [0.25, 0.3) is 5.79 Å². The van der Waals surface area contributed by atoms with Crippen molar-refractivity contribution in [3.05, 3.63) is 82.7 Å². The van der Waals surface area contributed by atoms with Crippen molar-refractivity contribution < 1.29 is 32.9 Å². The Hall–Kier alpha value is -3.76. The zero-order valence-electron chi connectivity index (χ0n) is 23.1. The highest BCUT2D eigenvalue weighted by atomic mass is 19.1. The molecule has 1 unspecified atom stereocenters. The molecular weight excluding hydrogens is 532 g/mol. The first-order chi connectivity index (χ1) is 19.6. The molecule has 3 aromatic rings. The number of hydrogen-bond donors (Lipinski definition) is 1. The molecule has 2 saturated heterocycles. The van der Waals surface area contributed by atoms with Gasteiger partial charge in [-0.15, -0.1) is 0 Å². The zero-order chi connectivity index (χ0) is 28.8. The smallest absolute Gasteiger partial charge is 0.328 e. The predicted molar refractivity (Wildman–Crippen MR) is 147 cm³/mol. The summed E-state index contributed by atoms with van der Waals surface area (Å²) < 4.78 is 49.2. The molecule has 10 heteroatoms. The Morgan fingerprint density at radius 1 is 1.20 bits per heavy atom. The Morgan fingerprint density at radius 3 is 2.66 bits per heavy atom. The van der Waals surface area contributed by atoms with Crippen LogP contribution in [-0.4, -0.2) is 57.5 Å². The molecule has 1 atom stereocenters. The van der Waals surface area contributed by atoms with Crippen LogP contribution in [0, 0.1) is 12.7 Å². The number of nitrogens with zero attached hydrogens (tertiary/aromatic N) is 3. The van der Waals surface area contributed by atoms with E-state index in [1.165, 1.54) is 12.1 Å². The summed E-state index contributed by atoms with van der Waals surface area (Å²) in [7, 11) is 0. The van der Waals surface area contributed by atoms with E-state index in [9.17, 15) is 13.6 Å². The van der Waals surface area contributed by atoms with Gasteiger partial charge >= 0.3 is 5.97 Å². The van der Waals surface area contributed by atoms with Gasteiger partial charge < -0.3 is 23.9 Å². The highest BCUT2D eigenvalue weighted by Crippen LogP contribution is 2.49. The molecule has 0 amide bonds. The van der Waals surface area contributed by atoms with E-state index in [2.05, 4.69) is 16.0 Å². The van der Waals surface area contributed by atoms with E-state index in [4.69, 9.17) is 19.3 Å². The fourth-order valence-corrected chi connectivity index (χ4v) is 5.90. The van der Waals surface area contributed by atoms with Gasteiger partial charge in [0, 0.05) is 18.6 Å². The lowest BCUT2D eigenvalue weighted by molar-refractivity contribution is -0.137. The number of benzene rings is 2. The molecule has 0 aliphatic carbocycles. The largest absolute Gasteiger partial charge is 0.478 e. The van der Waals surface area contributed by atoms with Crippen molar-refractivity contribution >= 4 is 12.0 Å². The van der Waals surface area contributed by atoms with E-state index in [0.717, 1.165) is 43.1 Å². The van der Waals surface area contributed by atoms with Gasteiger partial charge in [0.1, 0.15) is 11.6 Å². The average molecular weight is 566 g/mol. The summed E-state index contributed by atoms with van der Waals surface area (Å²) >= 11 is 0. The number of aromatic nitrogens is 2. The predicted octanol–water partition coefficient (Wildman–Crippen LogP) is 5.19. The van der Waals surface area contributed by atoms with Gasteiger partial charge in [0.15, 0.2) is 17.2 Å². The maximum Gasteiger partial charge on any atom is 0.328 e. The number of carboxylic acids is 1. The van der Waals surface area contributed by atoms with Gasteiger partial charge in [-0.2, -0.15) is 0 Å². The molecule has 8 nitrogen and oxygen atoms in total. The van der Waals surface area contributed by atoms with Crippen LogP contribution in [0.15, 0.2) is 48.7 Å². The first-order valence-corrected chi connectivity index (χ1v) is 13.8. The van der Waals surface area contributed by atoms with E-state index in [1.54, 1.807) is 23.8 Å². The Bertz CT molecular complexity index is 1490. The minimum absolute atomic E-state index is 0.0148. The average Bonchev–Trinajstić information content (AvgIpc) is 3.46. The summed E-state index contributed by atoms with van der Waals surface area (Å²) in [5, 5.41) is 9.06. The highest BCUT2D eigenvalue weighted by Gasteiger charge is 2.43. The fourth-order valence-electron chi connectivity index (χ4n) is 5.90. The molecule has 1 N–H and O–H groups in total. The van der Waals surface area contributed by atoms with Gasteiger partial charge in [0.05, 0.1) is 43.8 Å². The Kier molecular flexibility index (Phi) is 7.07. The van der Waals surface area contributed by atoms with Crippen molar-refractivity contribution in [3.8, 4) is 11.5 Å². The molecular formula is C31H33F2N3O5. The molecule has 3 aliphatic rings. The van der Waals surface area contributed by atoms with Crippen molar-refractivity contribution in [2.75, 3.05) is 26.3 Å². The van der Waals surface area contributed by atoms with Crippen molar-refractivity contribution in [1.29, 1.82) is 0 Å². The topological polar surface area (TPSA) is 86.1 Å². The summed E-state index contributed by atoms with van der Waals surface area (Å²) in [5.74, 6) is -0.505. The number of ether oxygens (including phenoxy) is 3.